The molecule has 0 bridgehead atoms. The first-order chi connectivity index (χ1) is 17.5. The van der Waals surface area contributed by atoms with Crippen LogP contribution in [0.1, 0.15) is 48.1 Å². The van der Waals surface area contributed by atoms with Crippen molar-refractivity contribution in [2.24, 2.45) is 5.92 Å². The Morgan fingerprint density at radius 2 is 1.17 bits per heavy atom. The van der Waals surface area contributed by atoms with Crippen LogP contribution in [0.4, 0.5) is 4.79 Å². The van der Waals surface area contributed by atoms with Crippen molar-refractivity contribution in [2.75, 3.05) is 0 Å². The van der Waals surface area contributed by atoms with E-state index in [2.05, 4.69) is 0 Å². The lowest BCUT2D eigenvalue weighted by atomic mass is 9.76. The zero-order chi connectivity index (χ0) is 25.1. The third-order valence-electron chi connectivity index (χ3n) is 6.94. The highest BCUT2D eigenvalue weighted by Crippen LogP contribution is 2.53. The third-order valence-corrected chi connectivity index (χ3v) is 6.94. The Kier molecular flexibility index (Phi) is 6.43. The molecule has 36 heavy (non-hydrogen) atoms. The highest BCUT2D eigenvalue weighted by atomic mass is 16.6. The predicted molar refractivity (Wildman–Crippen MR) is 140 cm³/mol. The van der Waals surface area contributed by atoms with Crippen molar-refractivity contribution >= 4 is 12.0 Å². The summed E-state index contributed by atoms with van der Waals surface area (Å²) >= 11 is 0. The van der Waals surface area contributed by atoms with E-state index < -0.39 is 23.7 Å². The van der Waals surface area contributed by atoms with Crippen molar-refractivity contribution < 1.29 is 14.3 Å². The van der Waals surface area contributed by atoms with Gasteiger partial charge in [-0.05, 0) is 17.0 Å². The molecular formula is C32H29NO3. The van der Waals surface area contributed by atoms with Crippen molar-refractivity contribution in [3.63, 3.8) is 0 Å². The molecule has 0 spiro atoms. The van der Waals surface area contributed by atoms with Crippen LogP contribution in [0.25, 0.3) is 0 Å². The number of rotatable bonds is 6. The predicted octanol–water partition coefficient (Wildman–Crippen LogP) is 7.09. The second-order valence-electron chi connectivity index (χ2n) is 9.49. The molecule has 0 aliphatic carbocycles. The van der Waals surface area contributed by atoms with E-state index in [1.807, 2.05) is 135 Å². The highest BCUT2D eigenvalue weighted by Gasteiger charge is 2.59. The van der Waals surface area contributed by atoms with Gasteiger partial charge in [0.05, 0.1) is 5.92 Å². The van der Waals surface area contributed by atoms with Crippen molar-refractivity contribution in [1.82, 2.24) is 4.90 Å². The van der Waals surface area contributed by atoms with E-state index >= 15 is 0 Å². The Morgan fingerprint density at radius 3 is 1.64 bits per heavy atom. The molecular weight excluding hydrogens is 446 g/mol. The van der Waals surface area contributed by atoms with Crippen molar-refractivity contribution in [1.29, 1.82) is 0 Å². The van der Waals surface area contributed by atoms with E-state index in [-0.39, 0.29) is 11.8 Å². The Labute approximate surface area is 212 Å². The summed E-state index contributed by atoms with van der Waals surface area (Å²) in [7, 11) is 0. The molecule has 2 amide bonds. The molecule has 4 aromatic rings. The molecule has 5 rings (SSSR count). The number of amides is 2. The zero-order valence-electron chi connectivity index (χ0n) is 20.5. The molecule has 1 aliphatic heterocycles. The van der Waals surface area contributed by atoms with Crippen LogP contribution in [0.15, 0.2) is 121 Å². The Morgan fingerprint density at radius 1 is 0.722 bits per heavy atom. The Hall–Kier alpha value is -4.18. The molecule has 4 nitrogen and oxygen atoms in total. The SMILES string of the molecule is CC(C)[C@@H](C(=O)N1C(=O)OC(c2ccccc2)(c2ccccc2)[C@H]1c1ccccc1)c1ccccc1. The number of carbonyl (C=O) groups is 2. The molecule has 0 saturated carbocycles. The lowest BCUT2D eigenvalue weighted by molar-refractivity contribution is -0.132. The maximum Gasteiger partial charge on any atom is 0.418 e. The number of ether oxygens (including phenoxy) is 1. The van der Waals surface area contributed by atoms with Crippen molar-refractivity contribution in [3.05, 3.63) is 144 Å². The summed E-state index contributed by atoms with van der Waals surface area (Å²) in [6, 6.07) is 38.1. The van der Waals surface area contributed by atoms with Gasteiger partial charge in [-0.1, -0.05) is 135 Å². The summed E-state index contributed by atoms with van der Waals surface area (Å²) in [5.41, 5.74) is 2.15. The van der Waals surface area contributed by atoms with E-state index in [1.165, 1.54) is 4.90 Å². The first-order valence-corrected chi connectivity index (χ1v) is 12.3. The standard InChI is InChI=1S/C32H29NO3/c1-23(2)28(24-15-7-3-8-16-24)30(34)33-29(25-17-9-4-10-18-25)32(36-31(33)35,26-19-11-5-12-20-26)27-21-13-6-14-22-27/h3-23,28-29H,1-2H3/t28-,29-/m1/s1. The molecule has 0 aromatic heterocycles. The molecule has 0 radical (unpaired) electrons. The van der Waals surface area contributed by atoms with Gasteiger partial charge in [-0.2, -0.15) is 0 Å². The summed E-state index contributed by atoms with van der Waals surface area (Å²) in [5, 5.41) is 0. The van der Waals surface area contributed by atoms with Crippen LogP contribution in [-0.4, -0.2) is 16.9 Å². The summed E-state index contributed by atoms with van der Waals surface area (Å²) in [6.07, 6.45) is -0.636. The maximum atomic E-state index is 14.4. The van der Waals surface area contributed by atoms with Crippen LogP contribution in [0.3, 0.4) is 0 Å². The molecule has 1 fully saturated rings. The highest BCUT2D eigenvalue weighted by molar-refractivity contribution is 5.98. The quantitative estimate of drug-likeness (QED) is 0.299. The van der Waals surface area contributed by atoms with Gasteiger partial charge in [0.2, 0.25) is 5.91 Å². The number of hydrogen-bond acceptors (Lipinski definition) is 3. The van der Waals surface area contributed by atoms with Gasteiger partial charge >= 0.3 is 6.09 Å². The van der Waals surface area contributed by atoms with E-state index in [4.69, 9.17) is 4.74 Å². The lowest BCUT2D eigenvalue weighted by Crippen LogP contribution is -2.43. The van der Waals surface area contributed by atoms with Crippen LogP contribution < -0.4 is 0 Å². The van der Waals surface area contributed by atoms with Gasteiger partial charge in [0, 0.05) is 11.1 Å². The van der Waals surface area contributed by atoms with Crippen LogP contribution in [0, 0.1) is 5.92 Å². The summed E-state index contributed by atoms with van der Waals surface area (Å²) in [4.78, 5) is 29.5. The molecule has 1 aliphatic rings. The minimum atomic E-state index is -1.20. The Bertz CT molecular complexity index is 1280. The van der Waals surface area contributed by atoms with Gasteiger partial charge in [-0.15, -0.1) is 0 Å². The minimum Gasteiger partial charge on any atom is -0.430 e. The fraction of sp³-hybridized carbons (Fsp3) is 0.188. The molecule has 4 heteroatoms. The topological polar surface area (TPSA) is 46.6 Å². The molecule has 0 N–H and O–H groups in total. The van der Waals surface area contributed by atoms with Gasteiger partial charge in [0.25, 0.3) is 0 Å². The largest absolute Gasteiger partial charge is 0.430 e. The number of hydrogen-bond donors (Lipinski definition) is 0. The van der Waals surface area contributed by atoms with Gasteiger partial charge in [0.1, 0.15) is 6.04 Å². The minimum absolute atomic E-state index is 0.0208. The van der Waals surface area contributed by atoms with Gasteiger partial charge in [-0.3, -0.25) is 4.79 Å². The van der Waals surface area contributed by atoms with E-state index in [1.54, 1.807) is 0 Å². The summed E-state index contributed by atoms with van der Waals surface area (Å²) in [6.45, 7) is 4.02. The smallest absolute Gasteiger partial charge is 0.418 e. The number of cyclic esters (lactones) is 1. The monoisotopic (exact) mass is 475 g/mol. The molecule has 4 aromatic carbocycles. The molecule has 1 saturated heterocycles. The normalized spacial score (nSPS) is 17.6. The van der Waals surface area contributed by atoms with E-state index in [9.17, 15) is 9.59 Å². The first kappa shape index (κ1) is 23.6. The van der Waals surface area contributed by atoms with Crippen LogP contribution in [0.2, 0.25) is 0 Å². The number of imide groups is 1. The molecule has 180 valence electrons. The van der Waals surface area contributed by atoms with E-state index in [0.717, 1.165) is 22.3 Å². The fourth-order valence-corrected chi connectivity index (χ4v) is 5.36. The fourth-order valence-electron chi connectivity index (χ4n) is 5.36. The third kappa shape index (κ3) is 3.99. The van der Waals surface area contributed by atoms with E-state index in [0.29, 0.717) is 0 Å². The van der Waals surface area contributed by atoms with Gasteiger partial charge in [-0.25, -0.2) is 9.69 Å². The maximum absolute atomic E-state index is 14.4. The second-order valence-corrected chi connectivity index (χ2v) is 9.49. The second kappa shape index (κ2) is 9.82. The molecule has 2 atom stereocenters. The average Bonchev–Trinajstić information content (AvgIpc) is 3.24. The number of nitrogens with zero attached hydrogens (tertiary/aromatic N) is 1. The molecule has 0 unspecified atom stereocenters. The first-order valence-electron chi connectivity index (χ1n) is 12.3. The lowest BCUT2D eigenvalue weighted by Gasteiger charge is -2.36. The van der Waals surface area contributed by atoms with Crippen LogP contribution in [0.5, 0.6) is 0 Å². The molecule has 1 heterocycles. The van der Waals surface area contributed by atoms with Crippen molar-refractivity contribution in [3.8, 4) is 0 Å². The summed E-state index contributed by atoms with van der Waals surface area (Å²) in [5.74, 6) is -0.774. The average molecular weight is 476 g/mol. The number of carbonyl (C=O) groups excluding carboxylic acids is 2. The van der Waals surface area contributed by atoms with Crippen LogP contribution >= 0.6 is 0 Å². The Balaban J connectivity index is 1.74. The van der Waals surface area contributed by atoms with Crippen molar-refractivity contribution in [2.45, 2.75) is 31.4 Å². The van der Waals surface area contributed by atoms with Crippen LogP contribution in [-0.2, 0) is 15.1 Å². The zero-order valence-corrected chi connectivity index (χ0v) is 20.5. The van der Waals surface area contributed by atoms with Gasteiger partial charge < -0.3 is 4.74 Å². The van der Waals surface area contributed by atoms with Gasteiger partial charge in [0.15, 0.2) is 5.60 Å². The summed E-state index contributed by atoms with van der Waals surface area (Å²) < 4.78 is 6.35. The number of benzene rings is 4.